The first kappa shape index (κ1) is 20.8. The van der Waals surface area contributed by atoms with Gasteiger partial charge < -0.3 is 20.7 Å². The van der Waals surface area contributed by atoms with Crippen LogP contribution >= 0.6 is 11.3 Å². The minimum atomic E-state index is -1.26. The number of nitrogens with zero attached hydrogens (tertiary/aromatic N) is 1. The molecular formula is C17H24N4O5S. The molecule has 3 N–H and O–H groups in total. The summed E-state index contributed by atoms with van der Waals surface area (Å²) in [4.78, 5) is 53.4. The second-order valence-corrected chi connectivity index (χ2v) is 8.04. The molecule has 3 amide bonds. The number of ether oxygens (including phenoxy) is 1. The summed E-state index contributed by atoms with van der Waals surface area (Å²) in [6.45, 7) is 6.69. The van der Waals surface area contributed by atoms with Crippen molar-refractivity contribution in [3.63, 3.8) is 0 Å². The van der Waals surface area contributed by atoms with Gasteiger partial charge in [-0.15, -0.1) is 11.3 Å². The lowest BCUT2D eigenvalue weighted by molar-refractivity contribution is -0.150. The van der Waals surface area contributed by atoms with Crippen molar-refractivity contribution in [3.05, 3.63) is 16.1 Å². The van der Waals surface area contributed by atoms with Crippen molar-refractivity contribution in [2.45, 2.75) is 52.2 Å². The van der Waals surface area contributed by atoms with Crippen LogP contribution < -0.4 is 16.0 Å². The lowest BCUT2D eigenvalue weighted by Crippen LogP contribution is -2.59. The van der Waals surface area contributed by atoms with E-state index < -0.39 is 29.4 Å². The van der Waals surface area contributed by atoms with E-state index in [-0.39, 0.29) is 37.1 Å². The van der Waals surface area contributed by atoms with Gasteiger partial charge in [0.1, 0.15) is 28.9 Å². The summed E-state index contributed by atoms with van der Waals surface area (Å²) in [7, 11) is 0. The van der Waals surface area contributed by atoms with Crippen LogP contribution in [0.4, 0.5) is 0 Å². The SMILES string of the molecule is CC(C)C1NC(=O)C(C)(C)NC(=O)c2csc(n2)CNC(=O)CCOC1=O. The fourth-order valence-corrected chi connectivity index (χ4v) is 3.03. The number of amides is 3. The molecule has 9 nitrogen and oxygen atoms in total. The van der Waals surface area contributed by atoms with Gasteiger partial charge in [-0.1, -0.05) is 13.8 Å². The fraction of sp³-hybridized carbons (Fsp3) is 0.588. The lowest BCUT2D eigenvalue weighted by Gasteiger charge is -2.28. The van der Waals surface area contributed by atoms with E-state index in [4.69, 9.17) is 4.74 Å². The van der Waals surface area contributed by atoms with E-state index in [0.717, 1.165) is 0 Å². The zero-order valence-electron chi connectivity index (χ0n) is 15.8. The number of carbonyl (C=O) groups excluding carboxylic acids is 4. The van der Waals surface area contributed by atoms with E-state index in [0.29, 0.717) is 5.01 Å². The van der Waals surface area contributed by atoms with Crippen LogP contribution in [0.15, 0.2) is 5.38 Å². The number of hydrogen-bond acceptors (Lipinski definition) is 7. The first-order valence-corrected chi connectivity index (χ1v) is 9.49. The molecule has 2 rings (SSSR count). The van der Waals surface area contributed by atoms with E-state index in [9.17, 15) is 19.2 Å². The Kier molecular flexibility index (Phi) is 6.53. The molecule has 0 saturated carbocycles. The summed E-state index contributed by atoms with van der Waals surface area (Å²) in [6, 6.07) is -0.893. The molecule has 0 fully saturated rings. The summed E-state index contributed by atoms with van der Waals surface area (Å²) in [5.41, 5.74) is -1.10. The number of aromatic nitrogens is 1. The van der Waals surface area contributed by atoms with Gasteiger partial charge in [0.2, 0.25) is 11.8 Å². The first-order valence-electron chi connectivity index (χ1n) is 8.61. The molecule has 0 aliphatic carbocycles. The Bertz CT molecular complexity index is 743. The summed E-state index contributed by atoms with van der Waals surface area (Å²) >= 11 is 1.23. The number of carbonyl (C=O) groups is 4. The van der Waals surface area contributed by atoms with Crippen LogP contribution in [0.1, 0.15) is 49.6 Å². The fourth-order valence-electron chi connectivity index (χ4n) is 2.32. The topological polar surface area (TPSA) is 126 Å². The number of esters is 1. The van der Waals surface area contributed by atoms with Crippen LogP contribution in [0.5, 0.6) is 0 Å². The van der Waals surface area contributed by atoms with Gasteiger partial charge in [0, 0.05) is 5.38 Å². The van der Waals surface area contributed by atoms with Crippen molar-refractivity contribution in [2.75, 3.05) is 6.61 Å². The van der Waals surface area contributed by atoms with Crippen molar-refractivity contribution < 1.29 is 23.9 Å². The number of cyclic esters (lactones) is 1. The standard InChI is InChI=1S/C17H24N4O5S/c1-9(2)13-15(24)26-6-5-11(22)18-7-12-19-10(8-27-12)14(23)21-17(3,4)16(25)20-13/h8-9,13H,5-7H2,1-4H3,(H,18,22)(H,20,25)(H,21,23). The van der Waals surface area contributed by atoms with Crippen molar-refractivity contribution in [3.8, 4) is 0 Å². The molecule has 1 aromatic rings. The summed E-state index contributed by atoms with van der Waals surface area (Å²) in [6.07, 6.45) is -0.00524. The molecule has 2 bridgehead atoms. The molecule has 27 heavy (non-hydrogen) atoms. The Hall–Kier alpha value is -2.49. The predicted molar refractivity (Wildman–Crippen MR) is 97.9 cm³/mol. The Morgan fingerprint density at radius 2 is 1.96 bits per heavy atom. The molecule has 1 aromatic heterocycles. The maximum Gasteiger partial charge on any atom is 0.328 e. The van der Waals surface area contributed by atoms with E-state index in [1.807, 2.05) is 0 Å². The molecule has 0 radical (unpaired) electrons. The molecule has 1 atom stereocenters. The lowest BCUT2D eigenvalue weighted by atomic mass is 10.00. The first-order chi connectivity index (χ1) is 12.6. The monoisotopic (exact) mass is 396 g/mol. The second kappa shape index (κ2) is 8.47. The molecular weight excluding hydrogens is 372 g/mol. The quantitative estimate of drug-likeness (QED) is 0.588. The third-order valence-corrected chi connectivity index (χ3v) is 4.84. The van der Waals surface area contributed by atoms with Gasteiger partial charge in [0.25, 0.3) is 5.91 Å². The zero-order chi connectivity index (χ0) is 20.2. The Balaban J connectivity index is 2.27. The number of fused-ring (bicyclic) bond motifs is 2. The van der Waals surface area contributed by atoms with Crippen LogP contribution in [0, 0.1) is 5.92 Å². The molecule has 0 spiro atoms. The van der Waals surface area contributed by atoms with Gasteiger partial charge in [-0.2, -0.15) is 0 Å². The number of hydrogen-bond donors (Lipinski definition) is 3. The summed E-state index contributed by atoms with van der Waals surface area (Å²) in [5, 5.41) is 10.0. The Morgan fingerprint density at radius 1 is 1.26 bits per heavy atom. The van der Waals surface area contributed by atoms with Crippen LogP contribution in [0.2, 0.25) is 0 Å². The van der Waals surface area contributed by atoms with Crippen LogP contribution in [0.3, 0.4) is 0 Å². The molecule has 10 heteroatoms. The highest BCUT2D eigenvalue weighted by atomic mass is 32.1. The molecule has 148 valence electrons. The van der Waals surface area contributed by atoms with Crippen molar-refractivity contribution in [1.29, 1.82) is 0 Å². The van der Waals surface area contributed by atoms with Crippen molar-refractivity contribution in [2.24, 2.45) is 5.92 Å². The maximum absolute atomic E-state index is 12.6. The highest BCUT2D eigenvalue weighted by Crippen LogP contribution is 2.13. The largest absolute Gasteiger partial charge is 0.464 e. The summed E-state index contributed by atoms with van der Waals surface area (Å²) < 4.78 is 5.14. The average Bonchev–Trinajstić information content (AvgIpc) is 3.05. The summed E-state index contributed by atoms with van der Waals surface area (Å²) in [5.74, 6) is -2.20. The molecule has 2 heterocycles. The Morgan fingerprint density at radius 3 is 2.63 bits per heavy atom. The Labute approximate surface area is 161 Å². The minimum Gasteiger partial charge on any atom is -0.464 e. The predicted octanol–water partition coefficient (Wildman–Crippen LogP) is 0.355. The van der Waals surface area contributed by atoms with E-state index in [2.05, 4.69) is 20.9 Å². The van der Waals surface area contributed by atoms with Crippen LogP contribution in [-0.4, -0.2) is 46.9 Å². The molecule has 1 unspecified atom stereocenters. The molecule has 0 saturated heterocycles. The van der Waals surface area contributed by atoms with Gasteiger partial charge in [-0.05, 0) is 19.8 Å². The molecule has 1 aliphatic rings. The number of rotatable bonds is 1. The second-order valence-electron chi connectivity index (χ2n) is 7.09. The molecule has 0 aromatic carbocycles. The average molecular weight is 396 g/mol. The van der Waals surface area contributed by atoms with Crippen molar-refractivity contribution in [1.82, 2.24) is 20.9 Å². The van der Waals surface area contributed by atoms with E-state index in [1.165, 1.54) is 11.3 Å². The van der Waals surface area contributed by atoms with Crippen molar-refractivity contribution >= 4 is 35.0 Å². The van der Waals surface area contributed by atoms with Crippen LogP contribution in [0.25, 0.3) is 0 Å². The number of thiazole rings is 1. The van der Waals surface area contributed by atoms with Gasteiger partial charge >= 0.3 is 5.97 Å². The smallest absolute Gasteiger partial charge is 0.328 e. The minimum absolute atomic E-state index is 0.00524. The van der Waals surface area contributed by atoms with Crippen LogP contribution in [-0.2, 0) is 25.7 Å². The highest BCUT2D eigenvalue weighted by molar-refractivity contribution is 7.09. The zero-order valence-corrected chi connectivity index (χ0v) is 16.6. The highest BCUT2D eigenvalue weighted by Gasteiger charge is 2.35. The molecule has 1 aliphatic heterocycles. The van der Waals surface area contributed by atoms with E-state index in [1.54, 1.807) is 33.1 Å². The van der Waals surface area contributed by atoms with Gasteiger partial charge in [-0.25, -0.2) is 9.78 Å². The van der Waals surface area contributed by atoms with Gasteiger partial charge in [-0.3, -0.25) is 14.4 Å². The maximum atomic E-state index is 12.6. The third-order valence-electron chi connectivity index (χ3n) is 4.00. The van der Waals surface area contributed by atoms with E-state index >= 15 is 0 Å². The number of nitrogens with one attached hydrogen (secondary N) is 3. The normalized spacial score (nSPS) is 21.9. The van der Waals surface area contributed by atoms with Gasteiger partial charge in [0.15, 0.2) is 0 Å². The van der Waals surface area contributed by atoms with Gasteiger partial charge in [0.05, 0.1) is 13.0 Å². The third kappa shape index (κ3) is 5.49.